The molecular formula is C25H29N3O6. The molecule has 180 valence electrons. The second-order valence-electron chi connectivity index (χ2n) is 8.41. The van der Waals surface area contributed by atoms with Gasteiger partial charge in [0, 0.05) is 31.8 Å². The van der Waals surface area contributed by atoms with Crippen molar-refractivity contribution in [2.24, 2.45) is 0 Å². The molecule has 1 atom stereocenters. The highest BCUT2D eigenvalue weighted by Gasteiger charge is 2.37. The maximum absolute atomic E-state index is 13.7. The molecule has 1 saturated heterocycles. The van der Waals surface area contributed by atoms with Gasteiger partial charge < -0.3 is 24.8 Å². The number of aliphatic carboxylic acids is 1. The van der Waals surface area contributed by atoms with Gasteiger partial charge in [0.25, 0.3) is 5.91 Å². The van der Waals surface area contributed by atoms with E-state index in [-0.39, 0.29) is 24.9 Å². The summed E-state index contributed by atoms with van der Waals surface area (Å²) in [6, 6.07) is 10.6. The first-order chi connectivity index (χ1) is 16.4. The molecule has 0 aliphatic carbocycles. The Hall–Kier alpha value is -3.59. The minimum atomic E-state index is -0.922. The third-order valence-corrected chi connectivity index (χ3v) is 6.30. The molecule has 2 aromatic carbocycles. The van der Waals surface area contributed by atoms with Crippen molar-refractivity contribution in [1.82, 2.24) is 15.1 Å². The van der Waals surface area contributed by atoms with Crippen LogP contribution in [0.1, 0.15) is 31.4 Å². The summed E-state index contributed by atoms with van der Waals surface area (Å²) in [4.78, 5) is 40.9. The van der Waals surface area contributed by atoms with Gasteiger partial charge in [-0.15, -0.1) is 0 Å². The lowest BCUT2D eigenvalue weighted by Gasteiger charge is -2.38. The number of benzene rings is 2. The number of nitrogens with one attached hydrogen (secondary N) is 1. The summed E-state index contributed by atoms with van der Waals surface area (Å²) < 4.78 is 10.7. The molecule has 2 aliphatic heterocycles. The summed E-state index contributed by atoms with van der Waals surface area (Å²) in [5.74, 6) is -0.319. The van der Waals surface area contributed by atoms with Crippen LogP contribution in [-0.4, -0.2) is 72.8 Å². The highest BCUT2D eigenvalue weighted by Crippen LogP contribution is 2.34. The lowest BCUT2D eigenvalue weighted by Crippen LogP contribution is -2.51. The van der Waals surface area contributed by atoms with Gasteiger partial charge in [0.1, 0.15) is 5.75 Å². The summed E-state index contributed by atoms with van der Waals surface area (Å²) in [6.45, 7) is 3.87. The quantitative estimate of drug-likeness (QED) is 0.648. The van der Waals surface area contributed by atoms with Crippen molar-refractivity contribution in [3.05, 3.63) is 53.2 Å². The summed E-state index contributed by atoms with van der Waals surface area (Å²) in [6.07, 6.45) is 0.239. The Kier molecular flexibility index (Phi) is 7.02. The number of morpholine rings is 1. The van der Waals surface area contributed by atoms with Crippen molar-refractivity contribution < 1.29 is 29.0 Å². The number of methoxy groups -OCH3 is 1. The van der Waals surface area contributed by atoms with Crippen LogP contribution in [0.3, 0.4) is 0 Å². The molecule has 34 heavy (non-hydrogen) atoms. The van der Waals surface area contributed by atoms with Crippen LogP contribution in [0.4, 0.5) is 4.79 Å². The van der Waals surface area contributed by atoms with Crippen LogP contribution in [-0.2, 0) is 14.3 Å². The molecule has 2 aromatic rings. The largest absolute Gasteiger partial charge is 0.497 e. The monoisotopic (exact) mass is 467 g/mol. The molecule has 0 aromatic heterocycles. The van der Waals surface area contributed by atoms with E-state index in [0.717, 1.165) is 22.1 Å². The van der Waals surface area contributed by atoms with Crippen molar-refractivity contribution in [3.63, 3.8) is 0 Å². The number of carbonyl (C=O) groups is 3. The van der Waals surface area contributed by atoms with E-state index in [1.54, 1.807) is 18.9 Å². The molecule has 9 heteroatoms. The van der Waals surface area contributed by atoms with E-state index in [9.17, 15) is 14.4 Å². The fourth-order valence-electron chi connectivity index (χ4n) is 4.45. The normalized spacial score (nSPS) is 18.8. The summed E-state index contributed by atoms with van der Waals surface area (Å²) in [5, 5.41) is 13.9. The topological polar surface area (TPSA) is 108 Å². The summed E-state index contributed by atoms with van der Waals surface area (Å²) in [5.41, 5.74) is 1.84. The van der Waals surface area contributed by atoms with Gasteiger partial charge >= 0.3 is 12.0 Å². The average Bonchev–Trinajstić information content (AvgIpc) is 2.85. The Bertz CT molecular complexity index is 1140. The number of carboxylic acids is 1. The number of ether oxygens (including phenoxy) is 2. The fourth-order valence-corrected chi connectivity index (χ4v) is 4.45. The minimum Gasteiger partial charge on any atom is -0.497 e. The first-order valence-electron chi connectivity index (χ1n) is 11.3. The van der Waals surface area contributed by atoms with Crippen LogP contribution in [0.5, 0.6) is 5.75 Å². The van der Waals surface area contributed by atoms with Crippen LogP contribution < -0.4 is 10.1 Å². The Morgan fingerprint density at radius 3 is 2.56 bits per heavy atom. The lowest BCUT2D eigenvalue weighted by molar-refractivity contribution is -0.137. The van der Waals surface area contributed by atoms with E-state index in [1.807, 2.05) is 36.4 Å². The summed E-state index contributed by atoms with van der Waals surface area (Å²) in [7, 11) is 1.62. The molecule has 0 unspecified atom stereocenters. The highest BCUT2D eigenvalue weighted by atomic mass is 16.5. The molecule has 1 fully saturated rings. The van der Waals surface area contributed by atoms with Crippen LogP contribution in [0.15, 0.2) is 47.7 Å². The van der Waals surface area contributed by atoms with Gasteiger partial charge in [-0.3, -0.25) is 14.5 Å². The number of urea groups is 1. The molecular weight excluding hydrogens is 438 g/mol. The van der Waals surface area contributed by atoms with Crippen molar-refractivity contribution in [2.45, 2.75) is 25.8 Å². The number of carbonyl (C=O) groups excluding carboxylic acids is 2. The van der Waals surface area contributed by atoms with Gasteiger partial charge in [-0.1, -0.05) is 18.2 Å². The molecule has 0 saturated carbocycles. The zero-order chi connectivity index (χ0) is 24.2. The number of fused-ring (bicyclic) bond motifs is 1. The zero-order valence-corrected chi connectivity index (χ0v) is 19.4. The highest BCUT2D eigenvalue weighted by molar-refractivity contribution is 5.99. The molecule has 2 N–H and O–H groups in total. The van der Waals surface area contributed by atoms with Crippen LogP contribution >= 0.6 is 0 Å². The number of rotatable bonds is 7. The lowest BCUT2D eigenvalue weighted by atomic mass is 9.92. The Morgan fingerprint density at radius 1 is 1.15 bits per heavy atom. The number of carboxylic acid groups (broad SMARTS) is 1. The Morgan fingerprint density at radius 2 is 1.85 bits per heavy atom. The number of hydrogen-bond acceptors (Lipinski definition) is 5. The van der Waals surface area contributed by atoms with Crippen molar-refractivity contribution in [1.29, 1.82) is 0 Å². The predicted molar refractivity (Wildman–Crippen MR) is 125 cm³/mol. The van der Waals surface area contributed by atoms with Gasteiger partial charge in [-0.05, 0) is 47.9 Å². The van der Waals surface area contributed by atoms with E-state index in [1.165, 1.54) is 4.90 Å². The molecule has 2 aliphatic rings. The molecule has 3 amide bonds. The number of allylic oxidation sites excluding steroid dienone is 1. The molecule has 0 radical (unpaired) electrons. The third-order valence-electron chi connectivity index (χ3n) is 6.30. The average molecular weight is 468 g/mol. The molecule has 9 nitrogen and oxygen atoms in total. The van der Waals surface area contributed by atoms with Crippen LogP contribution in [0.25, 0.3) is 10.8 Å². The maximum atomic E-state index is 13.7. The van der Waals surface area contributed by atoms with Crippen LogP contribution in [0, 0.1) is 0 Å². The van der Waals surface area contributed by atoms with Gasteiger partial charge in [-0.2, -0.15) is 0 Å². The van der Waals surface area contributed by atoms with Crippen molar-refractivity contribution >= 4 is 28.7 Å². The predicted octanol–water partition coefficient (Wildman–Crippen LogP) is 2.91. The standard InChI is InChI=1S/C25H29N3O6/c1-16-22(24(31)27-10-12-34-13-11-27)23(26-25(32)28(16)9-3-4-21(29)30)19-6-5-18-15-20(33-2)8-7-17(18)14-19/h5-8,14-15,23H,3-4,9-13H2,1-2H3,(H,26,32)(H,29,30)/t23-/m1/s1. The van der Waals surface area contributed by atoms with E-state index in [0.29, 0.717) is 44.0 Å². The van der Waals surface area contributed by atoms with Crippen molar-refractivity contribution in [2.75, 3.05) is 40.0 Å². The second-order valence-corrected chi connectivity index (χ2v) is 8.41. The van der Waals surface area contributed by atoms with E-state index in [4.69, 9.17) is 14.6 Å². The van der Waals surface area contributed by atoms with E-state index >= 15 is 0 Å². The van der Waals surface area contributed by atoms with E-state index < -0.39 is 12.0 Å². The van der Waals surface area contributed by atoms with Gasteiger partial charge in [0.05, 0.1) is 31.9 Å². The minimum absolute atomic E-state index is 0.0542. The van der Waals surface area contributed by atoms with Crippen LogP contribution in [0.2, 0.25) is 0 Å². The first kappa shape index (κ1) is 23.6. The Labute approximate surface area is 197 Å². The van der Waals surface area contributed by atoms with Gasteiger partial charge in [-0.25, -0.2) is 4.79 Å². The molecule has 0 spiro atoms. The number of hydrogen-bond donors (Lipinski definition) is 2. The van der Waals surface area contributed by atoms with E-state index in [2.05, 4.69) is 5.32 Å². The second kappa shape index (κ2) is 10.1. The molecule has 0 bridgehead atoms. The van der Waals surface area contributed by atoms with Gasteiger partial charge in [0.2, 0.25) is 0 Å². The molecule has 2 heterocycles. The molecule has 4 rings (SSSR count). The van der Waals surface area contributed by atoms with Crippen molar-refractivity contribution in [3.8, 4) is 5.75 Å². The SMILES string of the molecule is COc1ccc2cc([C@H]3NC(=O)N(CCCC(=O)O)C(C)=C3C(=O)N3CCOCC3)ccc2c1. The third kappa shape index (κ3) is 4.84. The zero-order valence-electron chi connectivity index (χ0n) is 19.4. The number of amides is 3. The van der Waals surface area contributed by atoms with Gasteiger partial charge in [0.15, 0.2) is 0 Å². The summed E-state index contributed by atoms with van der Waals surface area (Å²) >= 11 is 0. The maximum Gasteiger partial charge on any atom is 0.322 e. The smallest absolute Gasteiger partial charge is 0.322 e. The first-order valence-corrected chi connectivity index (χ1v) is 11.3. The number of nitrogens with zero attached hydrogens (tertiary/aromatic N) is 2. The fraction of sp³-hybridized carbons (Fsp3) is 0.400. The Balaban J connectivity index is 1.72.